The maximum Gasteiger partial charge on any atom is 0.180 e. The summed E-state index contributed by atoms with van der Waals surface area (Å²) < 4.78 is 11.3. The van der Waals surface area contributed by atoms with E-state index in [-0.39, 0.29) is 0 Å². The van der Waals surface area contributed by atoms with Gasteiger partial charge in [-0.3, -0.25) is 0 Å². The topological polar surface area (TPSA) is 30.5 Å². The van der Waals surface area contributed by atoms with Crippen LogP contribution in [-0.4, -0.2) is 13.2 Å². The highest BCUT2D eigenvalue weighted by Gasteiger charge is 2.13. The molecule has 0 bridgehead atoms. The summed E-state index contributed by atoms with van der Waals surface area (Å²) in [6, 6.07) is 9.64. The summed E-state index contributed by atoms with van der Waals surface area (Å²) in [4.78, 5) is 0. The summed E-state index contributed by atoms with van der Waals surface area (Å²) >= 11 is 18.4. The minimum absolute atomic E-state index is 0.317. The number of nitrogens with one attached hydrogen (secondary N) is 1. The molecule has 0 unspecified atom stereocenters. The van der Waals surface area contributed by atoms with Gasteiger partial charge in [0.15, 0.2) is 11.5 Å². The molecular weight excluding hydrogens is 381 g/mol. The van der Waals surface area contributed by atoms with Crippen molar-refractivity contribution >= 4 is 34.8 Å². The number of methoxy groups -OCH3 is 1. The minimum Gasteiger partial charge on any atom is -0.493 e. The summed E-state index contributed by atoms with van der Waals surface area (Å²) in [5.74, 6) is 1.12. The Labute approximate surface area is 164 Å². The van der Waals surface area contributed by atoms with Crippen LogP contribution in [0.1, 0.15) is 31.4 Å². The molecule has 2 aromatic rings. The maximum atomic E-state index is 6.41. The van der Waals surface area contributed by atoms with Gasteiger partial charge in [-0.25, -0.2) is 0 Å². The number of rotatable bonds is 8. The fourth-order valence-electron chi connectivity index (χ4n) is 2.24. The Morgan fingerprint density at radius 3 is 2.36 bits per heavy atom. The molecule has 0 saturated carbocycles. The second-order valence-corrected chi connectivity index (χ2v) is 7.06. The predicted molar refractivity (Wildman–Crippen MR) is 105 cm³/mol. The monoisotopic (exact) mass is 401 g/mol. The van der Waals surface area contributed by atoms with Gasteiger partial charge >= 0.3 is 0 Å². The van der Waals surface area contributed by atoms with Crippen LogP contribution >= 0.6 is 34.8 Å². The molecular formula is C19H22Cl3NO2. The Balaban J connectivity index is 2.12. The molecule has 136 valence electrons. The number of halogens is 3. The van der Waals surface area contributed by atoms with Crippen molar-refractivity contribution in [2.24, 2.45) is 0 Å². The van der Waals surface area contributed by atoms with E-state index >= 15 is 0 Å². The summed E-state index contributed by atoms with van der Waals surface area (Å²) in [7, 11) is 1.60. The molecule has 0 spiro atoms. The van der Waals surface area contributed by atoms with Crippen LogP contribution in [0.15, 0.2) is 30.3 Å². The molecule has 0 radical (unpaired) electrons. The Morgan fingerprint density at radius 1 is 1.00 bits per heavy atom. The minimum atomic E-state index is 0.317. The van der Waals surface area contributed by atoms with E-state index in [1.165, 1.54) is 0 Å². The number of ether oxygens (including phenoxy) is 2. The van der Waals surface area contributed by atoms with E-state index in [2.05, 4.69) is 19.2 Å². The van der Waals surface area contributed by atoms with Gasteiger partial charge in [0.25, 0.3) is 0 Å². The quantitative estimate of drug-likeness (QED) is 0.576. The molecule has 2 rings (SSSR count). The second-order valence-electron chi connectivity index (χ2n) is 5.84. The molecule has 0 aliphatic carbocycles. The first-order chi connectivity index (χ1) is 11.9. The Bertz CT molecular complexity index is 722. The average molecular weight is 403 g/mol. The van der Waals surface area contributed by atoms with Gasteiger partial charge in [0.1, 0.15) is 6.61 Å². The van der Waals surface area contributed by atoms with Crippen molar-refractivity contribution in [1.29, 1.82) is 0 Å². The van der Waals surface area contributed by atoms with Crippen LogP contribution in [0, 0.1) is 0 Å². The predicted octanol–water partition coefficient (Wildman–Crippen LogP) is 6.12. The van der Waals surface area contributed by atoms with Crippen LogP contribution < -0.4 is 14.8 Å². The molecule has 2 aromatic carbocycles. The van der Waals surface area contributed by atoms with Gasteiger partial charge in [-0.2, -0.15) is 0 Å². The molecule has 0 saturated heterocycles. The van der Waals surface area contributed by atoms with Crippen LogP contribution in [-0.2, 0) is 13.2 Å². The van der Waals surface area contributed by atoms with Gasteiger partial charge in [-0.05, 0) is 48.7 Å². The molecule has 0 amide bonds. The fraction of sp³-hybridized carbons (Fsp3) is 0.368. The van der Waals surface area contributed by atoms with Crippen molar-refractivity contribution in [3.8, 4) is 11.5 Å². The van der Waals surface area contributed by atoms with Crippen LogP contribution in [0.5, 0.6) is 11.5 Å². The first kappa shape index (κ1) is 20.2. The molecule has 3 nitrogen and oxygen atoms in total. The highest BCUT2D eigenvalue weighted by Crippen LogP contribution is 2.37. The molecule has 0 aromatic heterocycles. The lowest BCUT2D eigenvalue weighted by Gasteiger charge is -2.16. The van der Waals surface area contributed by atoms with E-state index in [0.29, 0.717) is 39.2 Å². The van der Waals surface area contributed by atoms with Crippen molar-refractivity contribution in [3.05, 3.63) is 56.5 Å². The summed E-state index contributed by atoms with van der Waals surface area (Å²) in [5.41, 5.74) is 1.94. The highest BCUT2D eigenvalue weighted by atomic mass is 35.5. The number of hydrogen-bond acceptors (Lipinski definition) is 3. The van der Waals surface area contributed by atoms with Crippen LogP contribution in [0.2, 0.25) is 15.1 Å². The molecule has 6 heteroatoms. The zero-order valence-electron chi connectivity index (χ0n) is 14.5. The van der Waals surface area contributed by atoms with E-state index in [1.54, 1.807) is 19.2 Å². The SMILES string of the molecule is CC[C@@H](C)NCc1cc(Cl)c(OCc2ccc(Cl)c(Cl)c2)c(OC)c1. The van der Waals surface area contributed by atoms with Crippen molar-refractivity contribution in [2.75, 3.05) is 7.11 Å². The summed E-state index contributed by atoms with van der Waals surface area (Å²) in [6.07, 6.45) is 1.07. The second kappa shape index (κ2) is 9.54. The van der Waals surface area contributed by atoms with Crippen molar-refractivity contribution in [2.45, 2.75) is 39.5 Å². The zero-order chi connectivity index (χ0) is 18.4. The van der Waals surface area contributed by atoms with Gasteiger partial charge in [-0.15, -0.1) is 0 Å². The highest BCUT2D eigenvalue weighted by molar-refractivity contribution is 6.42. The fourth-order valence-corrected chi connectivity index (χ4v) is 2.85. The summed E-state index contributed by atoms with van der Waals surface area (Å²) in [6.45, 7) is 5.33. The molecule has 1 atom stereocenters. The average Bonchev–Trinajstić information content (AvgIpc) is 2.61. The van der Waals surface area contributed by atoms with E-state index in [9.17, 15) is 0 Å². The third kappa shape index (κ3) is 5.68. The molecule has 1 N–H and O–H groups in total. The zero-order valence-corrected chi connectivity index (χ0v) is 16.8. The van der Waals surface area contributed by atoms with Crippen LogP contribution in [0.3, 0.4) is 0 Å². The maximum absolute atomic E-state index is 6.41. The number of benzene rings is 2. The Hall–Kier alpha value is -1.13. The molecule has 25 heavy (non-hydrogen) atoms. The molecule has 0 fully saturated rings. The van der Waals surface area contributed by atoms with Crippen molar-refractivity contribution in [3.63, 3.8) is 0 Å². The van der Waals surface area contributed by atoms with Crippen LogP contribution in [0.25, 0.3) is 0 Å². The normalized spacial score (nSPS) is 12.1. The van der Waals surface area contributed by atoms with Crippen molar-refractivity contribution in [1.82, 2.24) is 5.32 Å². The lowest BCUT2D eigenvalue weighted by Crippen LogP contribution is -2.24. The smallest absolute Gasteiger partial charge is 0.180 e. The third-order valence-corrected chi connectivity index (χ3v) is 4.94. The van der Waals surface area contributed by atoms with Gasteiger partial charge in [0.2, 0.25) is 0 Å². The van der Waals surface area contributed by atoms with E-state index in [0.717, 1.165) is 24.1 Å². The van der Waals surface area contributed by atoms with Gasteiger partial charge < -0.3 is 14.8 Å². The van der Waals surface area contributed by atoms with Gasteiger partial charge in [0.05, 0.1) is 22.2 Å². The summed E-state index contributed by atoms with van der Waals surface area (Å²) in [5, 5.41) is 4.95. The first-order valence-corrected chi connectivity index (χ1v) is 9.24. The molecule has 0 aliphatic heterocycles. The van der Waals surface area contributed by atoms with E-state index < -0.39 is 0 Å². The molecule has 0 aliphatic rings. The van der Waals surface area contributed by atoms with Gasteiger partial charge in [-0.1, -0.05) is 47.8 Å². The first-order valence-electron chi connectivity index (χ1n) is 8.11. The standard InChI is InChI=1S/C19H22Cl3NO2/c1-4-12(2)23-10-14-8-17(22)19(18(9-14)24-3)25-11-13-5-6-15(20)16(21)7-13/h5-9,12,23H,4,10-11H2,1-3H3/t12-/m1/s1. The van der Waals surface area contributed by atoms with Crippen molar-refractivity contribution < 1.29 is 9.47 Å². The van der Waals surface area contributed by atoms with Crippen LogP contribution in [0.4, 0.5) is 0 Å². The van der Waals surface area contributed by atoms with E-state index in [4.69, 9.17) is 44.3 Å². The van der Waals surface area contributed by atoms with Gasteiger partial charge in [0, 0.05) is 12.6 Å². The third-order valence-electron chi connectivity index (χ3n) is 3.92. The Kier molecular flexibility index (Phi) is 7.70. The molecule has 0 heterocycles. The lowest BCUT2D eigenvalue weighted by atomic mass is 10.1. The number of hydrogen-bond donors (Lipinski definition) is 1. The van der Waals surface area contributed by atoms with E-state index in [1.807, 2.05) is 18.2 Å². The lowest BCUT2D eigenvalue weighted by molar-refractivity contribution is 0.284. The largest absolute Gasteiger partial charge is 0.493 e. The Morgan fingerprint density at radius 2 is 1.72 bits per heavy atom.